The molecule has 0 spiro atoms. The number of hydrogen-bond donors (Lipinski definition) is 1. The van der Waals surface area contributed by atoms with E-state index in [0.717, 1.165) is 12.3 Å². The Bertz CT molecular complexity index is 947. The van der Waals surface area contributed by atoms with Crippen LogP contribution < -0.4 is 5.32 Å². The zero-order valence-corrected chi connectivity index (χ0v) is 14.6. The molecule has 1 N–H and O–H groups in total. The van der Waals surface area contributed by atoms with Gasteiger partial charge in [0.1, 0.15) is 0 Å². The summed E-state index contributed by atoms with van der Waals surface area (Å²) in [7, 11) is 3.20. The second-order valence-electron chi connectivity index (χ2n) is 5.89. The van der Waals surface area contributed by atoms with E-state index >= 15 is 0 Å². The molecule has 2 aromatic rings. The largest absolute Gasteiger partial charge is 0.418 e. The van der Waals surface area contributed by atoms with Crippen LogP contribution in [0.25, 0.3) is 10.9 Å². The molecule has 150 valence electrons. The number of alkyl halides is 6. The molecule has 0 unspecified atom stereocenters. The lowest BCUT2D eigenvalue weighted by Gasteiger charge is -2.16. The van der Waals surface area contributed by atoms with Gasteiger partial charge in [-0.1, -0.05) is 6.58 Å². The molecule has 0 aliphatic heterocycles. The monoisotopic (exact) mass is 404 g/mol. The molecule has 0 radical (unpaired) electrons. The Morgan fingerprint density at radius 3 is 2.36 bits per heavy atom. The van der Waals surface area contributed by atoms with Crippen molar-refractivity contribution in [3.63, 3.8) is 0 Å². The van der Waals surface area contributed by atoms with Crippen LogP contribution in [0.4, 0.5) is 32.0 Å². The van der Waals surface area contributed by atoms with Crippen molar-refractivity contribution in [1.29, 1.82) is 0 Å². The van der Waals surface area contributed by atoms with Gasteiger partial charge in [-0.2, -0.15) is 31.3 Å². The van der Waals surface area contributed by atoms with Gasteiger partial charge in [-0.15, -0.1) is 0 Å². The van der Waals surface area contributed by atoms with Crippen molar-refractivity contribution >= 4 is 28.8 Å². The Morgan fingerprint density at radius 2 is 1.82 bits per heavy atom. The van der Waals surface area contributed by atoms with Crippen molar-refractivity contribution in [2.45, 2.75) is 12.4 Å². The lowest BCUT2D eigenvalue weighted by Crippen LogP contribution is -2.14. The van der Waals surface area contributed by atoms with E-state index in [-0.39, 0.29) is 17.5 Å². The standard InChI is InChI=1S/C17H14F6N4O/c1-9(15(28)25-8-27(2)3)26-13-4-5-24-14-11(13)6-10(16(18,19)20)7-12(14)17(21,22)23/h4-8H,1H2,2-3H3,(H,24,26)/b25-8+. The van der Waals surface area contributed by atoms with Crippen molar-refractivity contribution in [1.82, 2.24) is 9.88 Å². The van der Waals surface area contributed by atoms with E-state index < -0.39 is 40.3 Å². The highest BCUT2D eigenvalue weighted by molar-refractivity contribution is 6.03. The molecule has 2 rings (SSSR count). The quantitative estimate of drug-likeness (QED) is 0.357. The molecule has 11 heteroatoms. The number of anilines is 1. The fourth-order valence-electron chi connectivity index (χ4n) is 2.21. The Kier molecular flexibility index (Phi) is 5.67. The predicted octanol–water partition coefficient (Wildman–Crippen LogP) is 4.31. The van der Waals surface area contributed by atoms with E-state index in [9.17, 15) is 31.1 Å². The highest BCUT2D eigenvalue weighted by Crippen LogP contribution is 2.41. The normalized spacial score (nSPS) is 12.4. The van der Waals surface area contributed by atoms with E-state index in [1.165, 1.54) is 11.2 Å². The third-order valence-electron chi connectivity index (χ3n) is 3.43. The Hall–Kier alpha value is -3.11. The molecule has 1 heterocycles. The van der Waals surface area contributed by atoms with Crippen molar-refractivity contribution in [3.05, 3.63) is 47.8 Å². The zero-order chi connectivity index (χ0) is 21.3. The molecule has 0 fully saturated rings. The maximum Gasteiger partial charge on any atom is 0.418 e. The van der Waals surface area contributed by atoms with Crippen molar-refractivity contribution in [2.24, 2.45) is 4.99 Å². The summed E-state index contributed by atoms with van der Waals surface area (Å²) in [6.07, 6.45) is -7.92. The molecule has 0 aliphatic rings. The molecule has 0 atom stereocenters. The highest BCUT2D eigenvalue weighted by Gasteiger charge is 2.38. The number of fused-ring (bicyclic) bond motifs is 1. The van der Waals surface area contributed by atoms with Gasteiger partial charge < -0.3 is 10.2 Å². The van der Waals surface area contributed by atoms with Gasteiger partial charge in [-0.3, -0.25) is 9.78 Å². The third kappa shape index (κ3) is 4.78. The van der Waals surface area contributed by atoms with Gasteiger partial charge in [-0.25, -0.2) is 0 Å². The molecular weight excluding hydrogens is 390 g/mol. The van der Waals surface area contributed by atoms with Gasteiger partial charge in [0, 0.05) is 31.4 Å². The molecule has 5 nitrogen and oxygen atoms in total. The van der Waals surface area contributed by atoms with E-state index in [1.807, 2.05) is 0 Å². The Labute approximate surface area is 155 Å². The van der Waals surface area contributed by atoms with E-state index in [0.29, 0.717) is 6.07 Å². The number of hydrogen-bond acceptors (Lipinski definition) is 3. The van der Waals surface area contributed by atoms with Crippen LogP contribution in [-0.2, 0) is 17.1 Å². The number of pyridine rings is 1. The fourth-order valence-corrected chi connectivity index (χ4v) is 2.21. The number of rotatable bonds is 4. The second-order valence-corrected chi connectivity index (χ2v) is 5.89. The maximum atomic E-state index is 13.3. The van der Waals surface area contributed by atoms with Crippen LogP contribution in [0.5, 0.6) is 0 Å². The third-order valence-corrected chi connectivity index (χ3v) is 3.43. The number of aliphatic imine (C=N–C) groups is 1. The maximum absolute atomic E-state index is 13.3. The van der Waals surface area contributed by atoms with Gasteiger partial charge >= 0.3 is 12.4 Å². The minimum Gasteiger partial charge on any atom is -0.369 e. The zero-order valence-electron chi connectivity index (χ0n) is 14.6. The average molecular weight is 404 g/mol. The Balaban J connectivity index is 2.59. The minimum absolute atomic E-state index is 0.000460. The van der Waals surface area contributed by atoms with E-state index in [4.69, 9.17) is 0 Å². The van der Waals surface area contributed by atoms with Crippen LogP contribution in [0, 0.1) is 0 Å². The summed E-state index contributed by atoms with van der Waals surface area (Å²) in [4.78, 5) is 20.4. The van der Waals surface area contributed by atoms with Crippen LogP contribution in [-0.4, -0.2) is 36.2 Å². The van der Waals surface area contributed by atoms with Crippen molar-refractivity contribution < 1.29 is 31.1 Å². The predicted molar refractivity (Wildman–Crippen MR) is 91.7 cm³/mol. The minimum atomic E-state index is -5.06. The summed E-state index contributed by atoms with van der Waals surface area (Å²) in [5, 5.41) is 1.95. The second kappa shape index (κ2) is 7.49. The first-order valence-corrected chi connectivity index (χ1v) is 7.58. The average Bonchev–Trinajstić information content (AvgIpc) is 2.57. The summed E-state index contributed by atoms with van der Waals surface area (Å²) in [5.41, 5.74) is -4.26. The molecule has 1 amide bonds. The molecule has 0 saturated heterocycles. The van der Waals surface area contributed by atoms with Crippen LogP contribution in [0.3, 0.4) is 0 Å². The highest BCUT2D eigenvalue weighted by atomic mass is 19.4. The van der Waals surface area contributed by atoms with Gasteiger partial charge in [0.25, 0.3) is 5.91 Å². The van der Waals surface area contributed by atoms with Crippen LogP contribution in [0.1, 0.15) is 11.1 Å². The van der Waals surface area contributed by atoms with Crippen molar-refractivity contribution in [3.8, 4) is 0 Å². The molecule has 0 aliphatic carbocycles. The topological polar surface area (TPSA) is 57.6 Å². The number of amides is 1. The number of carbonyl (C=O) groups excluding carboxylic acids is 1. The van der Waals surface area contributed by atoms with Crippen LogP contribution in [0.2, 0.25) is 0 Å². The number of benzene rings is 1. The molecule has 1 aromatic carbocycles. The summed E-state index contributed by atoms with van der Waals surface area (Å²) in [5.74, 6) is -0.846. The number of nitrogens with one attached hydrogen (secondary N) is 1. The molecule has 28 heavy (non-hydrogen) atoms. The smallest absolute Gasteiger partial charge is 0.369 e. The van der Waals surface area contributed by atoms with Crippen LogP contribution in [0.15, 0.2) is 41.7 Å². The fraction of sp³-hybridized carbons (Fsp3) is 0.235. The van der Waals surface area contributed by atoms with Gasteiger partial charge in [0.05, 0.1) is 28.7 Å². The lowest BCUT2D eigenvalue weighted by atomic mass is 10.0. The Morgan fingerprint density at radius 1 is 1.18 bits per heavy atom. The van der Waals surface area contributed by atoms with Gasteiger partial charge in [-0.05, 0) is 18.2 Å². The summed E-state index contributed by atoms with van der Waals surface area (Å²) in [6, 6.07) is 1.66. The SMILES string of the molecule is C=C(Nc1ccnc2c(C(F)(F)F)cc(C(F)(F)F)cc12)C(=O)/N=C/N(C)C. The summed E-state index contributed by atoms with van der Waals surface area (Å²) < 4.78 is 79.0. The van der Waals surface area contributed by atoms with Gasteiger partial charge in [0.2, 0.25) is 0 Å². The van der Waals surface area contributed by atoms with Crippen LogP contribution >= 0.6 is 0 Å². The first-order valence-electron chi connectivity index (χ1n) is 7.58. The first-order chi connectivity index (χ1) is 12.8. The van der Waals surface area contributed by atoms with E-state index in [2.05, 4.69) is 21.9 Å². The first kappa shape index (κ1) is 21.2. The molecule has 0 saturated carbocycles. The number of nitrogens with zero attached hydrogens (tertiary/aromatic N) is 3. The lowest BCUT2D eigenvalue weighted by molar-refractivity contribution is -0.142. The molecule has 1 aromatic heterocycles. The summed E-state index contributed by atoms with van der Waals surface area (Å²) in [6.45, 7) is 3.42. The molecular formula is C17H14F6N4O. The molecule has 0 bridgehead atoms. The summed E-state index contributed by atoms with van der Waals surface area (Å²) >= 11 is 0. The van der Waals surface area contributed by atoms with E-state index in [1.54, 1.807) is 14.1 Å². The number of halogens is 6. The van der Waals surface area contributed by atoms with Gasteiger partial charge in [0.15, 0.2) is 0 Å². The number of aromatic nitrogens is 1. The number of carbonyl (C=O) groups is 1. The van der Waals surface area contributed by atoms with Crippen molar-refractivity contribution in [2.75, 3.05) is 19.4 Å².